The van der Waals surface area contributed by atoms with Crippen LogP contribution in [0.1, 0.15) is 41.5 Å². The highest BCUT2D eigenvalue weighted by molar-refractivity contribution is 5.85. The van der Waals surface area contributed by atoms with Gasteiger partial charge in [0.25, 0.3) is 0 Å². The SMILES string of the molecule is Cl.c1ccc([C@@H]2CN3CCC[C@H]3c3ccccc32)cc1. The number of halogens is 1. The molecule has 1 nitrogen and oxygen atoms in total. The van der Waals surface area contributed by atoms with Crippen LogP contribution < -0.4 is 0 Å². The van der Waals surface area contributed by atoms with E-state index >= 15 is 0 Å². The Bertz CT molecular complexity index is 581. The molecule has 0 aromatic heterocycles. The molecule has 0 amide bonds. The largest absolute Gasteiger partial charge is 0.295 e. The van der Waals surface area contributed by atoms with Crippen molar-refractivity contribution in [1.82, 2.24) is 4.90 Å². The van der Waals surface area contributed by atoms with E-state index in [2.05, 4.69) is 59.5 Å². The Morgan fingerprint density at radius 3 is 2.35 bits per heavy atom. The van der Waals surface area contributed by atoms with E-state index in [1.807, 2.05) is 0 Å². The van der Waals surface area contributed by atoms with Gasteiger partial charge in [0.2, 0.25) is 0 Å². The zero-order valence-electron chi connectivity index (χ0n) is 11.5. The molecule has 20 heavy (non-hydrogen) atoms. The smallest absolute Gasteiger partial charge is 0.0351 e. The summed E-state index contributed by atoms with van der Waals surface area (Å²) in [6.45, 7) is 2.45. The van der Waals surface area contributed by atoms with E-state index in [1.54, 1.807) is 11.1 Å². The first-order chi connectivity index (χ1) is 9.43. The van der Waals surface area contributed by atoms with Crippen molar-refractivity contribution in [2.45, 2.75) is 24.8 Å². The molecule has 0 saturated carbocycles. The van der Waals surface area contributed by atoms with Crippen LogP contribution in [-0.4, -0.2) is 18.0 Å². The summed E-state index contributed by atoms with van der Waals surface area (Å²) in [6, 6.07) is 20.7. The molecular weight excluding hydrogens is 266 g/mol. The minimum absolute atomic E-state index is 0. The lowest BCUT2D eigenvalue weighted by atomic mass is 9.82. The summed E-state index contributed by atoms with van der Waals surface area (Å²) in [5, 5.41) is 0. The minimum atomic E-state index is 0. The highest BCUT2D eigenvalue weighted by atomic mass is 35.5. The molecule has 0 unspecified atom stereocenters. The number of nitrogens with zero attached hydrogens (tertiary/aromatic N) is 1. The molecule has 0 spiro atoms. The Labute approximate surface area is 127 Å². The second-order valence-electron chi connectivity index (χ2n) is 5.75. The van der Waals surface area contributed by atoms with Gasteiger partial charge in [-0.05, 0) is 36.1 Å². The van der Waals surface area contributed by atoms with Crippen molar-refractivity contribution < 1.29 is 0 Å². The van der Waals surface area contributed by atoms with Crippen LogP contribution in [0.5, 0.6) is 0 Å². The van der Waals surface area contributed by atoms with Gasteiger partial charge >= 0.3 is 0 Å². The van der Waals surface area contributed by atoms with Gasteiger partial charge in [0.05, 0.1) is 0 Å². The predicted octanol–water partition coefficient (Wildman–Crippen LogP) is 4.39. The van der Waals surface area contributed by atoms with Crippen molar-refractivity contribution in [2.24, 2.45) is 0 Å². The van der Waals surface area contributed by atoms with Crippen LogP contribution in [0.2, 0.25) is 0 Å². The maximum Gasteiger partial charge on any atom is 0.0351 e. The van der Waals surface area contributed by atoms with Crippen LogP contribution in [-0.2, 0) is 0 Å². The van der Waals surface area contributed by atoms with E-state index < -0.39 is 0 Å². The molecule has 0 aliphatic carbocycles. The van der Waals surface area contributed by atoms with Gasteiger partial charge in [-0.1, -0.05) is 54.6 Å². The van der Waals surface area contributed by atoms with Gasteiger partial charge in [0.15, 0.2) is 0 Å². The summed E-state index contributed by atoms with van der Waals surface area (Å²) in [4.78, 5) is 2.68. The van der Waals surface area contributed by atoms with E-state index in [9.17, 15) is 0 Å². The quantitative estimate of drug-likeness (QED) is 0.751. The van der Waals surface area contributed by atoms with Crippen LogP contribution in [0.25, 0.3) is 0 Å². The summed E-state index contributed by atoms with van der Waals surface area (Å²) in [5.74, 6) is 0.548. The van der Waals surface area contributed by atoms with E-state index in [-0.39, 0.29) is 12.4 Å². The van der Waals surface area contributed by atoms with Crippen molar-refractivity contribution in [2.75, 3.05) is 13.1 Å². The molecule has 2 aliphatic rings. The average molecular weight is 286 g/mol. The summed E-state index contributed by atoms with van der Waals surface area (Å²) in [5.41, 5.74) is 4.58. The first kappa shape index (κ1) is 13.7. The van der Waals surface area contributed by atoms with Gasteiger partial charge in [-0.25, -0.2) is 0 Å². The third kappa shape index (κ3) is 2.15. The monoisotopic (exact) mass is 285 g/mol. The van der Waals surface area contributed by atoms with Gasteiger partial charge in [0.1, 0.15) is 0 Å². The fraction of sp³-hybridized carbons (Fsp3) is 0.333. The molecule has 2 heteroatoms. The van der Waals surface area contributed by atoms with Crippen molar-refractivity contribution in [1.29, 1.82) is 0 Å². The normalized spacial score (nSPS) is 24.6. The van der Waals surface area contributed by atoms with Gasteiger partial charge in [0, 0.05) is 18.5 Å². The molecule has 2 aliphatic heterocycles. The second-order valence-corrected chi connectivity index (χ2v) is 5.75. The lowest BCUT2D eigenvalue weighted by Crippen LogP contribution is -2.34. The van der Waals surface area contributed by atoms with Gasteiger partial charge in [-0.15, -0.1) is 12.4 Å². The number of fused-ring (bicyclic) bond motifs is 3. The lowest BCUT2D eigenvalue weighted by molar-refractivity contribution is 0.230. The minimum Gasteiger partial charge on any atom is -0.295 e. The molecule has 104 valence electrons. The van der Waals surface area contributed by atoms with E-state index in [4.69, 9.17) is 0 Å². The van der Waals surface area contributed by atoms with Crippen LogP contribution in [0.3, 0.4) is 0 Å². The summed E-state index contributed by atoms with van der Waals surface area (Å²) < 4.78 is 0. The van der Waals surface area contributed by atoms with Gasteiger partial charge in [-0.3, -0.25) is 4.90 Å². The molecule has 2 atom stereocenters. The van der Waals surface area contributed by atoms with Gasteiger partial charge < -0.3 is 0 Å². The highest BCUT2D eigenvalue weighted by Gasteiger charge is 2.35. The summed E-state index contributed by atoms with van der Waals surface area (Å²) in [6.07, 6.45) is 2.68. The Balaban J connectivity index is 0.00000121. The van der Waals surface area contributed by atoms with E-state index in [0.717, 1.165) is 0 Å². The topological polar surface area (TPSA) is 3.24 Å². The zero-order chi connectivity index (χ0) is 12.7. The number of hydrogen-bond donors (Lipinski definition) is 0. The Morgan fingerprint density at radius 2 is 1.55 bits per heavy atom. The van der Waals surface area contributed by atoms with Crippen LogP contribution in [0, 0.1) is 0 Å². The Morgan fingerprint density at radius 1 is 0.850 bits per heavy atom. The molecule has 1 saturated heterocycles. The van der Waals surface area contributed by atoms with E-state index in [0.29, 0.717) is 12.0 Å². The fourth-order valence-electron chi connectivity index (χ4n) is 3.83. The maximum absolute atomic E-state index is 2.68. The average Bonchev–Trinajstić information content (AvgIpc) is 2.96. The maximum atomic E-state index is 2.68. The van der Waals surface area contributed by atoms with Crippen LogP contribution in [0.15, 0.2) is 54.6 Å². The molecule has 4 rings (SSSR count). The second kappa shape index (κ2) is 5.59. The molecule has 2 heterocycles. The van der Waals surface area contributed by atoms with Crippen LogP contribution >= 0.6 is 12.4 Å². The van der Waals surface area contributed by atoms with Crippen molar-refractivity contribution in [3.63, 3.8) is 0 Å². The molecule has 1 fully saturated rings. The zero-order valence-corrected chi connectivity index (χ0v) is 12.4. The van der Waals surface area contributed by atoms with Gasteiger partial charge in [-0.2, -0.15) is 0 Å². The molecular formula is C18H20ClN. The van der Waals surface area contributed by atoms with Crippen LogP contribution in [0.4, 0.5) is 0 Å². The lowest BCUT2D eigenvalue weighted by Gasteiger charge is -2.37. The Hall–Kier alpha value is -1.31. The van der Waals surface area contributed by atoms with Crippen molar-refractivity contribution in [3.8, 4) is 0 Å². The summed E-state index contributed by atoms with van der Waals surface area (Å²) in [7, 11) is 0. The molecule has 0 radical (unpaired) electrons. The molecule has 0 bridgehead atoms. The third-order valence-corrected chi connectivity index (χ3v) is 4.71. The number of hydrogen-bond acceptors (Lipinski definition) is 1. The predicted molar refractivity (Wildman–Crippen MR) is 85.5 cm³/mol. The van der Waals surface area contributed by atoms with E-state index in [1.165, 1.54) is 31.5 Å². The van der Waals surface area contributed by atoms with Crippen molar-refractivity contribution >= 4 is 12.4 Å². The third-order valence-electron chi connectivity index (χ3n) is 4.71. The number of benzene rings is 2. The van der Waals surface area contributed by atoms with Crippen molar-refractivity contribution in [3.05, 3.63) is 71.3 Å². The first-order valence-electron chi connectivity index (χ1n) is 7.31. The first-order valence-corrected chi connectivity index (χ1v) is 7.31. The Kier molecular flexibility index (Phi) is 3.82. The molecule has 2 aromatic carbocycles. The standard InChI is InChI=1S/C18H19N.ClH/c1-2-7-14(8-3-1)17-13-19-12-6-11-18(19)16-10-5-4-9-15(16)17;/h1-5,7-10,17-18H,6,11-13H2;1H/t17-,18-;/m0./s1. The molecule has 2 aromatic rings. The molecule has 0 N–H and O–H groups in total. The number of rotatable bonds is 1. The fourth-order valence-corrected chi connectivity index (χ4v) is 3.83. The summed E-state index contributed by atoms with van der Waals surface area (Å²) >= 11 is 0. The highest BCUT2D eigenvalue weighted by Crippen LogP contribution is 2.43.